The molecule has 2 heterocycles. The Hall–Kier alpha value is -0.860. The fourth-order valence-corrected chi connectivity index (χ4v) is 4.88. The Kier molecular flexibility index (Phi) is 3.64. The quantitative estimate of drug-likeness (QED) is 0.843. The second kappa shape index (κ2) is 5.16. The van der Waals surface area contributed by atoms with Gasteiger partial charge in [-0.2, -0.15) is 4.37 Å². The second-order valence-corrected chi connectivity index (χ2v) is 8.49. The summed E-state index contributed by atoms with van der Waals surface area (Å²) in [5.74, 6) is 0.678. The molecule has 3 N–H and O–H groups in total. The SMILES string of the molecule is CS(=O)(=O)c1c(N)nsc1NCC1CCN(C2CC2)C1. The second-order valence-electron chi connectivity index (χ2n) is 5.76. The van der Waals surface area contributed by atoms with Crippen molar-refractivity contribution in [3.63, 3.8) is 0 Å². The minimum absolute atomic E-state index is 0.103. The molecule has 1 aliphatic carbocycles. The van der Waals surface area contributed by atoms with Crippen LogP contribution in [0.3, 0.4) is 0 Å². The third kappa shape index (κ3) is 2.91. The zero-order valence-electron chi connectivity index (χ0n) is 11.5. The van der Waals surface area contributed by atoms with Crippen LogP contribution in [0.1, 0.15) is 19.3 Å². The highest BCUT2D eigenvalue weighted by atomic mass is 32.2. The number of nitrogens with zero attached hydrogens (tertiary/aromatic N) is 2. The van der Waals surface area contributed by atoms with E-state index in [1.54, 1.807) is 0 Å². The Morgan fingerprint density at radius 2 is 2.20 bits per heavy atom. The summed E-state index contributed by atoms with van der Waals surface area (Å²) in [4.78, 5) is 2.70. The Bertz CT molecular complexity index is 595. The summed E-state index contributed by atoms with van der Waals surface area (Å²) in [6.45, 7) is 3.06. The first-order chi connectivity index (χ1) is 9.45. The van der Waals surface area contributed by atoms with Gasteiger partial charge in [0.2, 0.25) is 0 Å². The van der Waals surface area contributed by atoms with Gasteiger partial charge < -0.3 is 16.0 Å². The van der Waals surface area contributed by atoms with Crippen molar-refractivity contribution in [2.45, 2.75) is 30.2 Å². The molecule has 0 bridgehead atoms. The third-order valence-corrected chi connectivity index (χ3v) is 6.08. The monoisotopic (exact) mass is 316 g/mol. The van der Waals surface area contributed by atoms with Gasteiger partial charge in [-0.05, 0) is 43.3 Å². The van der Waals surface area contributed by atoms with E-state index in [-0.39, 0.29) is 10.7 Å². The van der Waals surface area contributed by atoms with Gasteiger partial charge in [-0.25, -0.2) is 8.42 Å². The Morgan fingerprint density at radius 3 is 2.85 bits per heavy atom. The highest BCUT2D eigenvalue weighted by Crippen LogP contribution is 2.34. The fourth-order valence-electron chi connectivity index (χ4n) is 2.80. The first-order valence-corrected chi connectivity index (χ1v) is 9.54. The van der Waals surface area contributed by atoms with Gasteiger partial charge in [-0.15, -0.1) is 0 Å². The maximum Gasteiger partial charge on any atom is 0.182 e. The van der Waals surface area contributed by atoms with Crippen LogP contribution in [-0.4, -0.2) is 49.6 Å². The van der Waals surface area contributed by atoms with E-state index in [9.17, 15) is 8.42 Å². The maximum atomic E-state index is 11.7. The summed E-state index contributed by atoms with van der Waals surface area (Å²) in [5, 5.41) is 3.81. The molecule has 6 nitrogen and oxygen atoms in total. The average Bonchev–Trinajstić information content (AvgIpc) is 2.97. The fraction of sp³-hybridized carbons (Fsp3) is 0.750. The topological polar surface area (TPSA) is 88.3 Å². The number of aromatic nitrogens is 1. The Labute approximate surface area is 123 Å². The zero-order valence-corrected chi connectivity index (χ0v) is 13.1. The van der Waals surface area contributed by atoms with Crippen molar-refractivity contribution >= 4 is 32.2 Å². The van der Waals surface area contributed by atoms with Gasteiger partial charge in [0.15, 0.2) is 15.7 Å². The lowest BCUT2D eigenvalue weighted by Crippen LogP contribution is -2.24. The molecule has 2 fully saturated rings. The molecule has 20 heavy (non-hydrogen) atoms. The number of anilines is 2. The molecular formula is C12H20N4O2S2. The van der Waals surface area contributed by atoms with E-state index in [1.165, 1.54) is 32.1 Å². The number of hydrogen-bond acceptors (Lipinski definition) is 7. The number of hydrogen-bond donors (Lipinski definition) is 2. The number of sulfone groups is 1. The molecule has 1 unspecified atom stereocenters. The molecule has 1 atom stereocenters. The summed E-state index contributed by atoms with van der Waals surface area (Å²) in [7, 11) is -3.33. The molecule has 0 amide bonds. The van der Waals surface area contributed by atoms with Crippen LogP contribution in [-0.2, 0) is 9.84 Å². The van der Waals surface area contributed by atoms with E-state index >= 15 is 0 Å². The molecule has 1 aromatic rings. The van der Waals surface area contributed by atoms with Gasteiger partial charge in [0.1, 0.15) is 9.90 Å². The van der Waals surface area contributed by atoms with Crippen LogP contribution >= 0.6 is 11.5 Å². The van der Waals surface area contributed by atoms with Crippen molar-refractivity contribution < 1.29 is 8.42 Å². The minimum atomic E-state index is -3.33. The van der Waals surface area contributed by atoms with Crippen molar-refractivity contribution in [3.8, 4) is 0 Å². The normalized spacial score (nSPS) is 24.1. The highest BCUT2D eigenvalue weighted by molar-refractivity contribution is 7.91. The number of likely N-dealkylation sites (tertiary alicyclic amines) is 1. The molecule has 8 heteroatoms. The molecule has 3 rings (SSSR count). The maximum absolute atomic E-state index is 11.7. The average molecular weight is 316 g/mol. The zero-order chi connectivity index (χ0) is 14.3. The lowest BCUT2D eigenvalue weighted by atomic mass is 10.1. The Morgan fingerprint density at radius 1 is 1.45 bits per heavy atom. The van der Waals surface area contributed by atoms with E-state index in [0.29, 0.717) is 10.9 Å². The molecule has 0 spiro atoms. The Balaban J connectivity index is 1.62. The van der Waals surface area contributed by atoms with Crippen molar-refractivity contribution in [1.82, 2.24) is 9.27 Å². The molecule has 112 valence electrons. The van der Waals surface area contributed by atoms with Crippen LogP contribution in [0.2, 0.25) is 0 Å². The van der Waals surface area contributed by atoms with Gasteiger partial charge >= 0.3 is 0 Å². The van der Waals surface area contributed by atoms with Gasteiger partial charge in [0, 0.05) is 25.4 Å². The number of rotatable bonds is 5. The van der Waals surface area contributed by atoms with E-state index in [2.05, 4.69) is 14.6 Å². The first kappa shape index (κ1) is 14.1. The molecule has 0 aromatic carbocycles. The number of nitrogens with one attached hydrogen (secondary N) is 1. The van der Waals surface area contributed by atoms with Crippen molar-refractivity contribution in [1.29, 1.82) is 0 Å². The molecule has 2 aliphatic rings. The number of nitrogens with two attached hydrogens (primary N) is 1. The molecular weight excluding hydrogens is 296 g/mol. The third-order valence-electron chi connectivity index (χ3n) is 3.98. The van der Waals surface area contributed by atoms with Crippen LogP contribution in [0.25, 0.3) is 0 Å². The number of nitrogen functional groups attached to an aromatic ring is 1. The smallest absolute Gasteiger partial charge is 0.182 e. The summed E-state index contributed by atoms with van der Waals surface area (Å²) < 4.78 is 27.4. The van der Waals surface area contributed by atoms with E-state index in [0.717, 1.165) is 30.7 Å². The lowest BCUT2D eigenvalue weighted by Gasteiger charge is -2.15. The van der Waals surface area contributed by atoms with Crippen molar-refractivity contribution in [2.24, 2.45) is 5.92 Å². The first-order valence-electron chi connectivity index (χ1n) is 6.88. The lowest BCUT2D eigenvalue weighted by molar-refractivity contribution is 0.316. The predicted molar refractivity (Wildman–Crippen MR) is 80.8 cm³/mol. The molecule has 1 aromatic heterocycles. The summed E-state index contributed by atoms with van der Waals surface area (Å²) >= 11 is 1.13. The molecule has 1 saturated heterocycles. The van der Waals surface area contributed by atoms with Crippen LogP contribution in [0.4, 0.5) is 10.8 Å². The summed E-state index contributed by atoms with van der Waals surface area (Å²) in [6.07, 6.45) is 5.02. The van der Waals surface area contributed by atoms with E-state index < -0.39 is 9.84 Å². The standard InChI is InChI=1S/C12H20N4O2S2/c1-20(17,18)10-11(13)15-19-12(10)14-6-8-4-5-16(7-8)9-2-3-9/h8-9,14H,2-7H2,1H3,(H2,13,15). The molecule has 1 aliphatic heterocycles. The van der Waals surface area contributed by atoms with Crippen LogP contribution < -0.4 is 11.1 Å². The van der Waals surface area contributed by atoms with Crippen molar-refractivity contribution in [3.05, 3.63) is 0 Å². The van der Waals surface area contributed by atoms with Crippen LogP contribution in [0.5, 0.6) is 0 Å². The summed E-state index contributed by atoms with van der Waals surface area (Å²) in [6, 6.07) is 0.811. The van der Waals surface area contributed by atoms with Gasteiger partial charge in [-0.1, -0.05) is 0 Å². The predicted octanol–water partition coefficient (Wildman–Crippen LogP) is 1.02. The molecule has 1 saturated carbocycles. The van der Waals surface area contributed by atoms with Gasteiger partial charge in [0.05, 0.1) is 0 Å². The largest absolute Gasteiger partial charge is 0.382 e. The van der Waals surface area contributed by atoms with Gasteiger partial charge in [-0.3, -0.25) is 0 Å². The van der Waals surface area contributed by atoms with E-state index in [4.69, 9.17) is 5.73 Å². The van der Waals surface area contributed by atoms with Crippen LogP contribution in [0.15, 0.2) is 4.90 Å². The minimum Gasteiger partial charge on any atom is -0.382 e. The van der Waals surface area contributed by atoms with Crippen LogP contribution in [0, 0.1) is 5.92 Å². The van der Waals surface area contributed by atoms with Crippen molar-refractivity contribution in [2.75, 3.05) is 36.9 Å². The van der Waals surface area contributed by atoms with E-state index in [1.807, 2.05) is 0 Å². The summed E-state index contributed by atoms with van der Waals surface area (Å²) in [5.41, 5.74) is 5.65. The van der Waals surface area contributed by atoms with Gasteiger partial charge in [0.25, 0.3) is 0 Å². The highest BCUT2D eigenvalue weighted by Gasteiger charge is 2.34. The molecule has 0 radical (unpaired) electrons.